The molecule has 0 amide bonds. The number of pyridine rings is 1. The van der Waals surface area contributed by atoms with Gasteiger partial charge in [-0.15, -0.1) is 24.0 Å². The fourth-order valence-corrected chi connectivity index (χ4v) is 2.50. The average Bonchev–Trinajstić information content (AvgIpc) is 2.70. The summed E-state index contributed by atoms with van der Waals surface area (Å²) >= 11 is 0. The smallest absolute Gasteiger partial charge is 0.191 e. The Bertz CT molecular complexity index is 701. The van der Waals surface area contributed by atoms with Crippen LogP contribution in [0.5, 0.6) is 17.2 Å². The second-order valence-electron chi connectivity index (χ2n) is 5.43. The number of aliphatic imine (C=N–C) groups is 1. The summed E-state index contributed by atoms with van der Waals surface area (Å²) in [6, 6.07) is 9.56. The van der Waals surface area contributed by atoms with E-state index in [0.29, 0.717) is 29.8 Å². The molecule has 0 saturated heterocycles. The summed E-state index contributed by atoms with van der Waals surface area (Å²) in [6.07, 6.45) is 2.61. The Morgan fingerprint density at radius 2 is 1.74 bits per heavy atom. The monoisotopic (exact) mass is 486 g/mol. The van der Waals surface area contributed by atoms with Crippen LogP contribution in [-0.4, -0.2) is 45.9 Å². The molecule has 0 aliphatic heterocycles. The predicted octanol–water partition coefficient (Wildman–Crippen LogP) is 2.63. The maximum atomic E-state index is 5.47. The number of methoxy groups -OCH3 is 3. The summed E-state index contributed by atoms with van der Waals surface area (Å²) in [6.45, 7) is 1.23. The highest BCUT2D eigenvalue weighted by Crippen LogP contribution is 2.33. The highest BCUT2D eigenvalue weighted by Gasteiger charge is 2.13. The summed E-state index contributed by atoms with van der Waals surface area (Å²) in [7, 11) is 6.59. The molecule has 8 heteroatoms. The molecule has 0 radical (unpaired) electrons. The van der Waals surface area contributed by atoms with Crippen LogP contribution in [-0.2, 0) is 13.0 Å². The molecule has 0 spiro atoms. The molecule has 148 valence electrons. The minimum absolute atomic E-state index is 0. The van der Waals surface area contributed by atoms with E-state index in [2.05, 4.69) is 20.6 Å². The summed E-state index contributed by atoms with van der Waals surface area (Å²) in [5.74, 6) is 2.76. The molecule has 0 aliphatic carbocycles. The summed E-state index contributed by atoms with van der Waals surface area (Å²) in [4.78, 5) is 8.56. The van der Waals surface area contributed by atoms with Crippen molar-refractivity contribution in [3.63, 3.8) is 0 Å². The van der Waals surface area contributed by atoms with Crippen LogP contribution in [0, 0.1) is 0 Å². The molecular weight excluding hydrogens is 459 g/mol. The van der Waals surface area contributed by atoms with Crippen LogP contribution in [0.1, 0.15) is 11.3 Å². The molecule has 7 nitrogen and oxygen atoms in total. The lowest BCUT2D eigenvalue weighted by Crippen LogP contribution is -2.38. The first-order valence-corrected chi connectivity index (χ1v) is 8.35. The van der Waals surface area contributed by atoms with E-state index in [1.165, 1.54) is 0 Å². The van der Waals surface area contributed by atoms with Crippen LogP contribution in [0.3, 0.4) is 0 Å². The maximum Gasteiger partial charge on any atom is 0.191 e. The molecule has 2 N–H and O–H groups in total. The van der Waals surface area contributed by atoms with Crippen molar-refractivity contribution < 1.29 is 14.2 Å². The third kappa shape index (κ3) is 6.78. The number of nitrogens with zero attached hydrogens (tertiary/aromatic N) is 2. The van der Waals surface area contributed by atoms with Gasteiger partial charge in [0.15, 0.2) is 5.96 Å². The molecular formula is C19H27IN4O3. The van der Waals surface area contributed by atoms with Gasteiger partial charge in [0.05, 0.1) is 33.4 Å². The number of halogens is 1. The lowest BCUT2D eigenvalue weighted by molar-refractivity contribution is 0.368. The maximum absolute atomic E-state index is 5.47. The normalized spacial score (nSPS) is 10.6. The highest BCUT2D eigenvalue weighted by molar-refractivity contribution is 14.0. The van der Waals surface area contributed by atoms with E-state index in [9.17, 15) is 0 Å². The van der Waals surface area contributed by atoms with Crippen molar-refractivity contribution in [2.24, 2.45) is 4.99 Å². The van der Waals surface area contributed by atoms with Gasteiger partial charge in [0.2, 0.25) is 0 Å². The van der Waals surface area contributed by atoms with Crippen LogP contribution in [0.2, 0.25) is 0 Å². The van der Waals surface area contributed by atoms with E-state index in [-0.39, 0.29) is 24.0 Å². The van der Waals surface area contributed by atoms with Crippen LogP contribution < -0.4 is 24.8 Å². The minimum atomic E-state index is 0. The van der Waals surface area contributed by atoms with Gasteiger partial charge < -0.3 is 24.8 Å². The van der Waals surface area contributed by atoms with Gasteiger partial charge in [-0.2, -0.15) is 0 Å². The summed E-state index contributed by atoms with van der Waals surface area (Å²) in [5, 5.41) is 6.55. The van der Waals surface area contributed by atoms with Gasteiger partial charge in [-0.1, -0.05) is 6.07 Å². The zero-order chi connectivity index (χ0) is 18.8. The Morgan fingerprint density at radius 1 is 1.04 bits per heavy atom. The molecule has 0 bridgehead atoms. The first-order chi connectivity index (χ1) is 12.7. The quantitative estimate of drug-likeness (QED) is 0.340. The lowest BCUT2D eigenvalue weighted by atomic mass is 10.1. The molecule has 0 aliphatic rings. The van der Waals surface area contributed by atoms with Crippen molar-refractivity contribution in [1.82, 2.24) is 15.6 Å². The molecule has 0 fully saturated rings. The van der Waals surface area contributed by atoms with Crippen molar-refractivity contribution in [1.29, 1.82) is 0 Å². The largest absolute Gasteiger partial charge is 0.496 e. The number of benzene rings is 1. The predicted molar refractivity (Wildman–Crippen MR) is 118 cm³/mol. The van der Waals surface area contributed by atoms with Crippen molar-refractivity contribution >= 4 is 29.9 Å². The number of rotatable bonds is 8. The number of nitrogens with one attached hydrogen (secondary N) is 2. The first-order valence-electron chi connectivity index (χ1n) is 8.35. The van der Waals surface area contributed by atoms with E-state index in [1.54, 1.807) is 34.6 Å². The molecule has 2 rings (SSSR count). The fraction of sp³-hybridized carbons (Fsp3) is 0.368. The van der Waals surface area contributed by atoms with Crippen molar-refractivity contribution in [2.75, 3.05) is 34.9 Å². The number of hydrogen-bond acceptors (Lipinski definition) is 5. The fourth-order valence-electron chi connectivity index (χ4n) is 2.50. The van der Waals surface area contributed by atoms with E-state index in [1.807, 2.05) is 30.3 Å². The number of hydrogen-bond donors (Lipinski definition) is 2. The minimum Gasteiger partial charge on any atom is -0.496 e. The number of guanidine groups is 1. The Hall–Kier alpha value is -2.23. The molecule has 1 heterocycles. The molecule has 1 aromatic carbocycles. The van der Waals surface area contributed by atoms with E-state index in [4.69, 9.17) is 14.2 Å². The van der Waals surface area contributed by atoms with Crippen LogP contribution >= 0.6 is 24.0 Å². The van der Waals surface area contributed by atoms with Crippen LogP contribution in [0.25, 0.3) is 0 Å². The summed E-state index contributed by atoms with van der Waals surface area (Å²) < 4.78 is 16.2. The molecule has 1 aromatic heterocycles. The second-order valence-corrected chi connectivity index (χ2v) is 5.43. The standard InChI is InChI=1S/C19H26N4O3.HI/c1-20-19(22-10-8-14-7-5-6-9-21-14)23-13-16-17(25-3)11-15(24-2)12-18(16)26-4;/h5-7,9,11-12H,8,10,13H2,1-4H3,(H2,20,22,23);1H. The van der Waals surface area contributed by atoms with E-state index < -0.39 is 0 Å². The van der Waals surface area contributed by atoms with Crippen LogP contribution in [0.15, 0.2) is 41.5 Å². The highest BCUT2D eigenvalue weighted by atomic mass is 127. The Kier molecular flexibility index (Phi) is 10.3. The van der Waals surface area contributed by atoms with Gasteiger partial charge in [-0.05, 0) is 12.1 Å². The lowest BCUT2D eigenvalue weighted by Gasteiger charge is -2.17. The third-order valence-corrected chi connectivity index (χ3v) is 3.87. The molecule has 0 saturated carbocycles. The van der Waals surface area contributed by atoms with Crippen LogP contribution in [0.4, 0.5) is 0 Å². The SMILES string of the molecule is CN=C(NCCc1ccccn1)NCc1c(OC)cc(OC)cc1OC.I. The van der Waals surface area contributed by atoms with E-state index >= 15 is 0 Å². The van der Waals surface area contributed by atoms with Gasteiger partial charge in [-0.25, -0.2) is 0 Å². The Morgan fingerprint density at radius 3 is 2.26 bits per heavy atom. The average molecular weight is 486 g/mol. The Labute approximate surface area is 177 Å². The zero-order valence-electron chi connectivity index (χ0n) is 16.1. The molecule has 0 atom stereocenters. The molecule has 2 aromatic rings. The zero-order valence-corrected chi connectivity index (χ0v) is 18.4. The molecule has 0 unspecified atom stereocenters. The molecule has 27 heavy (non-hydrogen) atoms. The summed E-state index contributed by atoms with van der Waals surface area (Å²) in [5.41, 5.74) is 1.93. The third-order valence-electron chi connectivity index (χ3n) is 3.87. The van der Waals surface area contributed by atoms with Gasteiger partial charge in [0.25, 0.3) is 0 Å². The van der Waals surface area contributed by atoms with Crippen molar-refractivity contribution in [3.05, 3.63) is 47.8 Å². The first kappa shape index (κ1) is 22.8. The van der Waals surface area contributed by atoms with E-state index in [0.717, 1.165) is 24.2 Å². The van der Waals surface area contributed by atoms with Crippen molar-refractivity contribution in [3.8, 4) is 17.2 Å². The topological polar surface area (TPSA) is 77.0 Å². The number of aromatic nitrogens is 1. The van der Waals surface area contributed by atoms with Gasteiger partial charge >= 0.3 is 0 Å². The van der Waals surface area contributed by atoms with Gasteiger partial charge in [0, 0.05) is 44.0 Å². The Balaban J connectivity index is 0.00000364. The van der Waals surface area contributed by atoms with Gasteiger partial charge in [0.1, 0.15) is 17.2 Å². The van der Waals surface area contributed by atoms with Gasteiger partial charge in [-0.3, -0.25) is 9.98 Å². The number of ether oxygens (including phenoxy) is 3. The second kappa shape index (κ2) is 12.2. The van der Waals surface area contributed by atoms with Crippen molar-refractivity contribution in [2.45, 2.75) is 13.0 Å².